The summed E-state index contributed by atoms with van der Waals surface area (Å²) in [5.74, 6) is 0.608. The van der Waals surface area contributed by atoms with Crippen LogP contribution in [0.2, 0.25) is 0 Å². The Bertz CT molecular complexity index is 1010. The van der Waals surface area contributed by atoms with Crippen molar-refractivity contribution >= 4 is 27.3 Å². The van der Waals surface area contributed by atoms with Crippen molar-refractivity contribution in [2.24, 2.45) is 0 Å². The van der Waals surface area contributed by atoms with Gasteiger partial charge >= 0.3 is 0 Å². The molecule has 7 nitrogen and oxygen atoms in total. The summed E-state index contributed by atoms with van der Waals surface area (Å²) in [7, 11) is -1.88. The number of benzene rings is 2. The summed E-state index contributed by atoms with van der Waals surface area (Å²) in [5, 5.41) is 2.96. The minimum Gasteiger partial charge on any atom is -0.497 e. The van der Waals surface area contributed by atoms with Gasteiger partial charge in [0.05, 0.1) is 19.1 Å². The molecule has 2 aromatic carbocycles. The molecule has 0 fully saturated rings. The predicted molar refractivity (Wildman–Crippen MR) is 129 cm³/mol. The number of nitrogens with zero attached hydrogens (tertiary/aromatic N) is 2. The Balaban J connectivity index is 1.41. The van der Waals surface area contributed by atoms with Crippen LogP contribution in [-0.2, 0) is 21.2 Å². The number of rotatable bonds is 11. The fourth-order valence-corrected chi connectivity index (χ4v) is 5.12. The molecule has 0 saturated carbocycles. The van der Waals surface area contributed by atoms with Crippen LogP contribution in [0.25, 0.3) is 0 Å². The van der Waals surface area contributed by atoms with Crippen LogP contribution in [0.1, 0.15) is 31.7 Å². The Morgan fingerprint density at radius 3 is 2.56 bits per heavy atom. The standard InChI is InChI=1S/C24H33N3O4S/c1-19-18-20-8-4-5-9-23(20)26(19)16-7-15-25-24(28)10-6-17-27(32(3,29)30)21-11-13-22(31-2)14-12-21/h4-5,8-9,11-14,19H,6-7,10,15-18H2,1-3H3,(H,25,28)/t19-/m1/s1. The second kappa shape index (κ2) is 10.7. The lowest BCUT2D eigenvalue weighted by Crippen LogP contribution is -2.34. The third-order valence-electron chi connectivity index (χ3n) is 5.77. The van der Waals surface area contributed by atoms with Crippen molar-refractivity contribution in [3.8, 4) is 5.75 Å². The van der Waals surface area contributed by atoms with E-state index in [9.17, 15) is 13.2 Å². The van der Waals surface area contributed by atoms with E-state index in [0.29, 0.717) is 30.4 Å². The van der Waals surface area contributed by atoms with Gasteiger partial charge in [0, 0.05) is 37.8 Å². The number of carbonyl (C=O) groups is 1. The molecule has 8 heteroatoms. The maximum atomic E-state index is 12.2. The van der Waals surface area contributed by atoms with Gasteiger partial charge in [0.25, 0.3) is 0 Å². The number of carbonyl (C=O) groups excluding carboxylic acids is 1. The third-order valence-corrected chi connectivity index (χ3v) is 6.97. The first-order chi connectivity index (χ1) is 15.3. The number of anilines is 2. The fourth-order valence-electron chi connectivity index (χ4n) is 4.15. The maximum Gasteiger partial charge on any atom is 0.232 e. The second-order valence-corrected chi connectivity index (χ2v) is 10.1. The molecule has 174 valence electrons. The number of methoxy groups -OCH3 is 1. The number of fused-ring (bicyclic) bond motifs is 1. The Hall–Kier alpha value is -2.74. The molecule has 1 aliphatic heterocycles. The molecule has 1 amide bonds. The lowest BCUT2D eigenvalue weighted by Gasteiger charge is -2.25. The first kappa shape index (κ1) is 23.9. The smallest absolute Gasteiger partial charge is 0.232 e. The molecular weight excluding hydrogens is 426 g/mol. The summed E-state index contributed by atoms with van der Waals surface area (Å²) in [6.07, 6.45) is 3.83. The molecule has 1 atom stereocenters. The highest BCUT2D eigenvalue weighted by molar-refractivity contribution is 7.92. The van der Waals surface area contributed by atoms with Crippen LogP contribution in [0, 0.1) is 0 Å². The van der Waals surface area contributed by atoms with E-state index in [1.807, 2.05) is 0 Å². The molecule has 1 aliphatic rings. The SMILES string of the molecule is COc1ccc(N(CCCC(=O)NCCCN2c3ccccc3C[C@H]2C)S(C)(=O)=O)cc1. The largest absolute Gasteiger partial charge is 0.497 e. The van der Waals surface area contributed by atoms with E-state index in [1.165, 1.54) is 21.8 Å². The fraction of sp³-hybridized carbons (Fsp3) is 0.458. The average Bonchev–Trinajstić information content (AvgIpc) is 3.08. The number of ether oxygens (including phenoxy) is 1. The van der Waals surface area contributed by atoms with Crippen molar-refractivity contribution < 1.29 is 17.9 Å². The summed E-state index contributed by atoms with van der Waals surface area (Å²) in [6.45, 7) is 3.99. The monoisotopic (exact) mass is 459 g/mol. The van der Waals surface area contributed by atoms with Crippen LogP contribution in [0.3, 0.4) is 0 Å². The van der Waals surface area contributed by atoms with Gasteiger partial charge in [-0.1, -0.05) is 18.2 Å². The van der Waals surface area contributed by atoms with Gasteiger partial charge < -0.3 is 15.0 Å². The molecule has 0 bridgehead atoms. The zero-order valence-electron chi connectivity index (χ0n) is 19.1. The zero-order valence-corrected chi connectivity index (χ0v) is 19.9. The molecule has 32 heavy (non-hydrogen) atoms. The van der Waals surface area contributed by atoms with Crippen LogP contribution in [-0.4, -0.2) is 53.4 Å². The molecular formula is C24H33N3O4S. The summed E-state index contributed by atoms with van der Waals surface area (Å²) in [5.41, 5.74) is 3.25. The van der Waals surface area contributed by atoms with Crippen LogP contribution in [0.4, 0.5) is 11.4 Å². The predicted octanol–water partition coefficient (Wildman–Crippen LogP) is 3.20. The molecule has 3 rings (SSSR count). The topological polar surface area (TPSA) is 79.0 Å². The van der Waals surface area contributed by atoms with E-state index in [0.717, 1.165) is 19.4 Å². The first-order valence-corrected chi connectivity index (χ1v) is 12.9. The third kappa shape index (κ3) is 6.16. The van der Waals surface area contributed by atoms with E-state index < -0.39 is 10.0 Å². The number of sulfonamides is 1. The zero-order chi connectivity index (χ0) is 23.1. The van der Waals surface area contributed by atoms with Gasteiger partial charge in [-0.15, -0.1) is 0 Å². The molecule has 0 aromatic heterocycles. The molecule has 0 aliphatic carbocycles. The van der Waals surface area contributed by atoms with E-state index in [-0.39, 0.29) is 18.9 Å². The van der Waals surface area contributed by atoms with Crippen molar-refractivity contribution in [3.05, 3.63) is 54.1 Å². The quantitative estimate of drug-likeness (QED) is 0.522. The normalized spacial score (nSPS) is 15.3. The summed E-state index contributed by atoms with van der Waals surface area (Å²) >= 11 is 0. The van der Waals surface area contributed by atoms with Gasteiger partial charge in [-0.2, -0.15) is 0 Å². The van der Waals surface area contributed by atoms with Crippen molar-refractivity contribution in [2.45, 2.75) is 38.6 Å². The van der Waals surface area contributed by atoms with Gasteiger partial charge in [0.2, 0.25) is 15.9 Å². The van der Waals surface area contributed by atoms with Gasteiger partial charge in [-0.3, -0.25) is 9.10 Å². The van der Waals surface area contributed by atoms with Crippen LogP contribution < -0.4 is 19.3 Å². The Morgan fingerprint density at radius 2 is 1.88 bits per heavy atom. The van der Waals surface area contributed by atoms with Crippen LogP contribution >= 0.6 is 0 Å². The number of nitrogens with one attached hydrogen (secondary N) is 1. The summed E-state index contributed by atoms with van der Waals surface area (Å²) in [4.78, 5) is 14.6. The van der Waals surface area contributed by atoms with Gasteiger partial charge in [0.15, 0.2) is 0 Å². The molecule has 0 spiro atoms. The van der Waals surface area contributed by atoms with Crippen molar-refractivity contribution in [3.63, 3.8) is 0 Å². The molecule has 2 aromatic rings. The van der Waals surface area contributed by atoms with Gasteiger partial charge in [-0.05, 0) is 62.1 Å². The highest BCUT2D eigenvalue weighted by Gasteiger charge is 2.24. The summed E-state index contributed by atoms with van der Waals surface area (Å²) < 4.78 is 30.9. The Labute approximate surface area is 191 Å². The van der Waals surface area contributed by atoms with E-state index in [2.05, 4.69) is 41.4 Å². The average molecular weight is 460 g/mol. The highest BCUT2D eigenvalue weighted by atomic mass is 32.2. The van der Waals surface area contributed by atoms with E-state index >= 15 is 0 Å². The highest BCUT2D eigenvalue weighted by Crippen LogP contribution is 2.31. The first-order valence-electron chi connectivity index (χ1n) is 11.0. The number of hydrogen-bond acceptors (Lipinski definition) is 5. The molecule has 0 unspecified atom stereocenters. The van der Waals surface area contributed by atoms with Crippen molar-refractivity contribution in [1.29, 1.82) is 0 Å². The number of para-hydroxylation sites is 1. The summed E-state index contributed by atoms with van der Waals surface area (Å²) in [6, 6.07) is 15.8. The Kier molecular flexibility index (Phi) is 8.01. The van der Waals surface area contributed by atoms with E-state index in [4.69, 9.17) is 4.74 Å². The molecule has 0 saturated heterocycles. The number of amides is 1. The van der Waals surface area contributed by atoms with E-state index in [1.54, 1.807) is 31.4 Å². The Morgan fingerprint density at radius 1 is 1.16 bits per heavy atom. The lowest BCUT2D eigenvalue weighted by molar-refractivity contribution is -0.121. The van der Waals surface area contributed by atoms with Crippen LogP contribution in [0.15, 0.2) is 48.5 Å². The minimum absolute atomic E-state index is 0.0527. The lowest BCUT2D eigenvalue weighted by atomic mass is 10.1. The van der Waals surface area contributed by atoms with Gasteiger partial charge in [0.1, 0.15) is 5.75 Å². The van der Waals surface area contributed by atoms with Gasteiger partial charge in [-0.25, -0.2) is 8.42 Å². The molecule has 1 N–H and O–H groups in total. The maximum absolute atomic E-state index is 12.2. The minimum atomic E-state index is -3.44. The van der Waals surface area contributed by atoms with Crippen molar-refractivity contribution in [1.82, 2.24) is 5.32 Å². The van der Waals surface area contributed by atoms with Crippen LogP contribution in [0.5, 0.6) is 5.75 Å². The number of hydrogen-bond donors (Lipinski definition) is 1. The molecule has 1 heterocycles. The second-order valence-electron chi connectivity index (χ2n) is 8.22. The molecule has 0 radical (unpaired) electrons. The van der Waals surface area contributed by atoms with Crippen molar-refractivity contribution in [2.75, 3.05) is 42.2 Å².